The molecule has 1 aliphatic carbocycles. The quantitative estimate of drug-likeness (QED) is 0.267. The van der Waals surface area contributed by atoms with Gasteiger partial charge in [0.1, 0.15) is 11.7 Å². The molecule has 1 aromatic carbocycles. The number of fused-ring (bicyclic) bond motifs is 1. The highest BCUT2D eigenvalue weighted by Gasteiger charge is 2.30. The highest BCUT2D eigenvalue weighted by Crippen LogP contribution is 2.32. The van der Waals surface area contributed by atoms with Gasteiger partial charge >= 0.3 is 5.97 Å². The maximum atomic E-state index is 13.5. The Labute approximate surface area is 193 Å². The van der Waals surface area contributed by atoms with Crippen LogP contribution in [0.5, 0.6) is 0 Å². The van der Waals surface area contributed by atoms with Crippen LogP contribution in [-0.4, -0.2) is 43.4 Å². The summed E-state index contributed by atoms with van der Waals surface area (Å²) in [7, 11) is -3.94. The molecule has 0 atom stereocenters. The molecule has 1 fully saturated rings. The molecule has 1 aliphatic rings. The monoisotopic (exact) mass is 486 g/mol. The SMILES string of the molecule is CCCCOC(=O)CN(CC1CCCCC1)S(=O)(=O)c1ccc2c(Cl)cnc(Cl)c2c1. The predicted octanol–water partition coefficient (Wildman–Crippen LogP) is 5.46. The second kappa shape index (κ2) is 10.9. The van der Waals surface area contributed by atoms with Crippen LogP contribution in [0.1, 0.15) is 51.9 Å². The smallest absolute Gasteiger partial charge is 0.321 e. The average Bonchev–Trinajstić information content (AvgIpc) is 2.76. The summed E-state index contributed by atoms with van der Waals surface area (Å²) in [5.74, 6) is -0.302. The van der Waals surface area contributed by atoms with Crippen molar-refractivity contribution in [3.05, 3.63) is 34.6 Å². The lowest BCUT2D eigenvalue weighted by Crippen LogP contribution is -2.40. The third-order valence-corrected chi connectivity index (χ3v) is 8.06. The molecule has 0 N–H and O–H groups in total. The lowest BCUT2D eigenvalue weighted by molar-refractivity contribution is -0.144. The zero-order valence-electron chi connectivity index (χ0n) is 17.6. The Kier molecular flexibility index (Phi) is 8.56. The summed E-state index contributed by atoms with van der Waals surface area (Å²) in [5.41, 5.74) is 0. The van der Waals surface area contributed by atoms with E-state index in [1.54, 1.807) is 6.07 Å². The molecule has 3 rings (SSSR count). The molecule has 6 nitrogen and oxygen atoms in total. The number of hydrogen-bond donors (Lipinski definition) is 0. The first-order valence-corrected chi connectivity index (χ1v) is 12.9. The largest absolute Gasteiger partial charge is 0.465 e. The molecule has 0 aliphatic heterocycles. The number of benzene rings is 1. The van der Waals surface area contributed by atoms with Gasteiger partial charge in [-0.15, -0.1) is 0 Å². The lowest BCUT2D eigenvalue weighted by Gasteiger charge is -2.28. The molecule has 2 aromatic rings. The maximum absolute atomic E-state index is 13.5. The summed E-state index contributed by atoms with van der Waals surface area (Å²) >= 11 is 12.4. The average molecular weight is 487 g/mol. The summed E-state index contributed by atoms with van der Waals surface area (Å²) in [5, 5.41) is 1.65. The highest BCUT2D eigenvalue weighted by atomic mass is 35.5. The number of ether oxygens (including phenoxy) is 1. The molecule has 31 heavy (non-hydrogen) atoms. The van der Waals surface area contributed by atoms with Crippen molar-refractivity contribution in [2.75, 3.05) is 19.7 Å². The van der Waals surface area contributed by atoms with Crippen molar-refractivity contribution in [3.63, 3.8) is 0 Å². The van der Waals surface area contributed by atoms with Crippen LogP contribution in [0.2, 0.25) is 10.2 Å². The number of pyridine rings is 1. The molecule has 1 heterocycles. The second-order valence-corrected chi connectivity index (χ2v) is 10.7. The summed E-state index contributed by atoms with van der Waals surface area (Å²) in [6, 6.07) is 4.59. The maximum Gasteiger partial charge on any atom is 0.321 e. The molecule has 0 unspecified atom stereocenters. The van der Waals surface area contributed by atoms with Crippen molar-refractivity contribution in [2.45, 2.75) is 56.8 Å². The number of unbranched alkanes of at least 4 members (excludes halogenated alkanes) is 1. The van der Waals surface area contributed by atoms with E-state index < -0.39 is 16.0 Å². The van der Waals surface area contributed by atoms with Crippen LogP contribution in [-0.2, 0) is 19.6 Å². The van der Waals surface area contributed by atoms with Crippen LogP contribution in [0.15, 0.2) is 29.3 Å². The van der Waals surface area contributed by atoms with Gasteiger partial charge in [0.05, 0.1) is 16.5 Å². The Morgan fingerprint density at radius 3 is 2.65 bits per heavy atom. The molecule has 0 radical (unpaired) electrons. The van der Waals surface area contributed by atoms with E-state index in [9.17, 15) is 13.2 Å². The van der Waals surface area contributed by atoms with Crippen molar-refractivity contribution < 1.29 is 17.9 Å². The number of rotatable bonds is 9. The van der Waals surface area contributed by atoms with Gasteiger partial charge in [-0.2, -0.15) is 4.31 Å². The normalized spacial score (nSPS) is 15.5. The van der Waals surface area contributed by atoms with Gasteiger partial charge in [-0.1, -0.05) is 61.9 Å². The van der Waals surface area contributed by atoms with Crippen LogP contribution < -0.4 is 0 Å². The first-order valence-electron chi connectivity index (χ1n) is 10.7. The van der Waals surface area contributed by atoms with E-state index in [0.717, 1.165) is 38.5 Å². The molecule has 9 heteroatoms. The highest BCUT2D eigenvalue weighted by molar-refractivity contribution is 7.89. The molecular formula is C22H28Cl2N2O4S. The molecule has 1 aromatic heterocycles. The number of nitrogens with zero attached hydrogens (tertiary/aromatic N) is 2. The van der Waals surface area contributed by atoms with Crippen molar-refractivity contribution in [2.24, 2.45) is 5.92 Å². The Morgan fingerprint density at radius 1 is 1.19 bits per heavy atom. The summed E-state index contributed by atoms with van der Waals surface area (Å²) in [6.45, 7) is 2.29. The van der Waals surface area contributed by atoms with Crippen LogP contribution in [0.4, 0.5) is 0 Å². The first kappa shape index (κ1) is 24.2. The van der Waals surface area contributed by atoms with Gasteiger partial charge in [0, 0.05) is 23.5 Å². The number of carbonyl (C=O) groups is 1. The fraction of sp³-hybridized carbons (Fsp3) is 0.545. The van der Waals surface area contributed by atoms with E-state index in [1.165, 1.54) is 29.1 Å². The number of aromatic nitrogens is 1. The van der Waals surface area contributed by atoms with Gasteiger partial charge in [-0.25, -0.2) is 13.4 Å². The van der Waals surface area contributed by atoms with Crippen LogP contribution in [0.3, 0.4) is 0 Å². The van der Waals surface area contributed by atoms with Gasteiger partial charge in [0.15, 0.2) is 0 Å². The van der Waals surface area contributed by atoms with Gasteiger partial charge in [0.2, 0.25) is 10.0 Å². The van der Waals surface area contributed by atoms with Crippen molar-refractivity contribution in [3.8, 4) is 0 Å². The van der Waals surface area contributed by atoms with E-state index in [-0.39, 0.29) is 22.5 Å². The number of hydrogen-bond acceptors (Lipinski definition) is 5. The molecule has 0 saturated heterocycles. The first-order chi connectivity index (χ1) is 14.8. The van der Waals surface area contributed by atoms with Crippen LogP contribution in [0, 0.1) is 5.92 Å². The van der Waals surface area contributed by atoms with Crippen molar-refractivity contribution in [1.82, 2.24) is 9.29 Å². The number of sulfonamides is 1. The molecule has 170 valence electrons. The van der Waals surface area contributed by atoms with Gasteiger partial charge < -0.3 is 4.74 Å². The Hall–Kier alpha value is -1.41. The summed E-state index contributed by atoms with van der Waals surface area (Å²) < 4.78 is 33.6. The minimum Gasteiger partial charge on any atom is -0.465 e. The molecule has 0 spiro atoms. The van der Waals surface area contributed by atoms with E-state index in [1.807, 2.05) is 6.92 Å². The van der Waals surface area contributed by atoms with Crippen molar-refractivity contribution >= 4 is 50.0 Å². The van der Waals surface area contributed by atoms with Gasteiger partial charge in [-0.05, 0) is 37.3 Å². The minimum absolute atomic E-state index is 0.0585. The minimum atomic E-state index is -3.94. The zero-order chi connectivity index (χ0) is 22.4. The van der Waals surface area contributed by atoms with E-state index in [4.69, 9.17) is 27.9 Å². The van der Waals surface area contributed by atoms with Crippen LogP contribution >= 0.6 is 23.2 Å². The third-order valence-electron chi connectivity index (χ3n) is 5.65. The van der Waals surface area contributed by atoms with Gasteiger partial charge in [-0.3, -0.25) is 4.79 Å². The van der Waals surface area contributed by atoms with E-state index >= 15 is 0 Å². The molecular weight excluding hydrogens is 459 g/mol. The molecule has 0 bridgehead atoms. The van der Waals surface area contributed by atoms with Crippen molar-refractivity contribution in [1.29, 1.82) is 0 Å². The van der Waals surface area contributed by atoms with E-state index in [0.29, 0.717) is 28.9 Å². The molecule has 0 amide bonds. The fourth-order valence-electron chi connectivity index (χ4n) is 3.89. The standard InChI is InChI=1S/C22H28Cl2N2O4S/c1-2-3-11-30-21(27)15-26(14-16-7-5-4-6-8-16)31(28,29)17-9-10-18-19(12-17)22(24)25-13-20(18)23/h9-10,12-13,16H,2-8,11,14-15H2,1H3. The third kappa shape index (κ3) is 6.09. The molecule has 1 saturated carbocycles. The lowest BCUT2D eigenvalue weighted by atomic mass is 9.89. The second-order valence-electron chi connectivity index (χ2n) is 7.98. The summed E-state index contributed by atoms with van der Waals surface area (Å²) in [6.07, 6.45) is 8.32. The summed E-state index contributed by atoms with van der Waals surface area (Å²) in [4.78, 5) is 16.5. The fourth-order valence-corrected chi connectivity index (χ4v) is 5.80. The number of esters is 1. The Bertz CT molecular complexity index is 1020. The van der Waals surface area contributed by atoms with Gasteiger partial charge in [0.25, 0.3) is 0 Å². The number of carbonyl (C=O) groups excluding carboxylic acids is 1. The topological polar surface area (TPSA) is 76.6 Å². The Morgan fingerprint density at radius 2 is 1.94 bits per heavy atom. The predicted molar refractivity (Wildman–Crippen MR) is 123 cm³/mol. The Balaban J connectivity index is 1.90. The van der Waals surface area contributed by atoms with Crippen LogP contribution in [0.25, 0.3) is 10.8 Å². The zero-order valence-corrected chi connectivity index (χ0v) is 20.0. The van der Waals surface area contributed by atoms with E-state index in [2.05, 4.69) is 4.98 Å². The number of halogens is 2.